The van der Waals surface area contributed by atoms with Gasteiger partial charge in [0.25, 0.3) is 11.8 Å². The number of amides is 3. The molecule has 4 rings (SSSR count). The zero-order valence-electron chi connectivity index (χ0n) is 22.1. The summed E-state index contributed by atoms with van der Waals surface area (Å²) in [7, 11) is 1.77. The Morgan fingerprint density at radius 1 is 1.00 bits per heavy atom. The van der Waals surface area contributed by atoms with Crippen LogP contribution in [0.4, 0.5) is 10.5 Å². The SMILES string of the molecule is [CH2-]CNC(=O)c1ccc(C(=O)N(C)CCN2CCC(OC(=O)Nc3ccccc3-c3ccccc3)CC2)s1.[Y]. The van der Waals surface area contributed by atoms with Crippen LogP contribution in [-0.4, -0.2) is 73.6 Å². The number of benzene rings is 2. The Morgan fingerprint density at radius 2 is 1.67 bits per heavy atom. The molecule has 8 nitrogen and oxygen atoms in total. The number of likely N-dealkylation sites (tertiary alicyclic amines) is 1. The third-order valence-electron chi connectivity index (χ3n) is 6.48. The summed E-state index contributed by atoms with van der Waals surface area (Å²) in [5.41, 5.74) is 2.69. The first-order valence-corrected chi connectivity index (χ1v) is 13.5. The first kappa shape index (κ1) is 30.9. The zero-order chi connectivity index (χ0) is 26.9. The molecule has 2 aromatic carbocycles. The Hall–Kier alpha value is -2.59. The molecule has 0 aliphatic carbocycles. The Morgan fingerprint density at radius 3 is 2.38 bits per heavy atom. The number of nitrogens with one attached hydrogen (secondary N) is 2. The summed E-state index contributed by atoms with van der Waals surface area (Å²) in [6.07, 6.45) is 0.877. The van der Waals surface area contributed by atoms with Crippen molar-refractivity contribution in [2.75, 3.05) is 45.1 Å². The van der Waals surface area contributed by atoms with Crippen LogP contribution < -0.4 is 10.6 Å². The molecule has 1 aliphatic rings. The van der Waals surface area contributed by atoms with E-state index in [2.05, 4.69) is 22.5 Å². The van der Waals surface area contributed by atoms with Crippen molar-refractivity contribution in [2.24, 2.45) is 0 Å². The summed E-state index contributed by atoms with van der Waals surface area (Å²) in [4.78, 5) is 42.3. The van der Waals surface area contributed by atoms with Crippen molar-refractivity contribution in [3.05, 3.63) is 83.4 Å². The number of ether oxygens (including phenoxy) is 1. The van der Waals surface area contributed by atoms with E-state index in [9.17, 15) is 14.4 Å². The number of thiophene rings is 1. The molecule has 2 heterocycles. The summed E-state index contributed by atoms with van der Waals surface area (Å²) < 4.78 is 5.72. The van der Waals surface area contributed by atoms with Crippen molar-refractivity contribution in [2.45, 2.75) is 18.9 Å². The quantitative estimate of drug-likeness (QED) is 0.336. The number of hydrogen-bond donors (Lipinski definition) is 2. The van der Waals surface area contributed by atoms with Gasteiger partial charge in [0.1, 0.15) is 6.10 Å². The van der Waals surface area contributed by atoms with E-state index in [1.54, 1.807) is 24.1 Å². The molecule has 1 saturated heterocycles. The number of hydrogen-bond acceptors (Lipinski definition) is 6. The van der Waals surface area contributed by atoms with Crippen LogP contribution in [0.2, 0.25) is 0 Å². The van der Waals surface area contributed by atoms with Crippen molar-refractivity contribution in [3.8, 4) is 11.1 Å². The molecule has 1 fully saturated rings. The van der Waals surface area contributed by atoms with E-state index in [1.165, 1.54) is 11.3 Å². The number of carbonyl (C=O) groups is 3. The zero-order valence-corrected chi connectivity index (χ0v) is 25.8. The van der Waals surface area contributed by atoms with Gasteiger partial charge in [-0.2, -0.15) is 0 Å². The van der Waals surface area contributed by atoms with Crippen molar-refractivity contribution < 1.29 is 51.8 Å². The second-order valence-corrected chi connectivity index (χ2v) is 10.2. The Bertz CT molecular complexity index is 1240. The normalized spacial score (nSPS) is 13.7. The van der Waals surface area contributed by atoms with Crippen molar-refractivity contribution in [3.63, 3.8) is 0 Å². The number of anilines is 1. The van der Waals surface area contributed by atoms with E-state index in [4.69, 9.17) is 4.74 Å². The van der Waals surface area contributed by atoms with Crippen LogP contribution in [0.1, 0.15) is 32.2 Å². The average molecular weight is 623 g/mol. The van der Waals surface area contributed by atoms with Gasteiger partial charge in [-0.15, -0.1) is 17.9 Å². The number of likely N-dealkylation sites (N-methyl/N-ethyl adjacent to an activating group) is 1. The molecule has 10 heteroatoms. The topological polar surface area (TPSA) is 91.0 Å². The van der Waals surface area contributed by atoms with Gasteiger partial charge < -0.3 is 26.8 Å². The van der Waals surface area contributed by atoms with Crippen LogP contribution >= 0.6 is 11.3 Å². The van der Waals surface area contributed by atoms with Crippen molar-refractivity contribution >= 4 is 34.9 Å². The minimum Gasteiger partial charge on any atom is -0.446 e. The first-order chi connectivity index (χ1) is 18.4. The molecular formula is C29H33N4O4SY-. The van der Waals surface area contributed by atoms with Gasteiger partial charge in [0.05, 0.1) is 15.4 Å². The molecule has 0 atom stereocenters. The van der Waals surface area contributed by atoms with E-state index >= 15 is 0 Å². The van der Waals surface area contributed by atoms with Crippen LogP contribution in [0, 0.1) is 6.92 Å². The predicted molar refractivity (Wildman–Crippen MR) is 150 cm³/mol. The second kappa shape index (κ2) is 15.3. The van der Waals surface area contributed by atoms with E-state index in [0.717, 1.165) is 49.3 Å². The van der Waals surface area contributed by atoms with Gasteiger partial charge in [0.2, 0.25) is 0 Å². The number of para-hydroxylation sites is 1. The molecule has 1 aliphatic heterocycles. The van der Waals surface area contributed by atoms with E-state index < -0.39 is 6.09 Å². The van der Waals surface area contributed by atoms with E-state index in [0.29, 0.717) is 22.8 Å². The number of nitrogens with zero attached hydrogens (tertiary/aromatic N) is 2. The number of rotatable bonds is 9. The molecule has 2 N–H and O–H groups in total. The average Bonchev–Trinajstić information content (AvgIpc) is 3.44. The van der Waals surface area contributed by atoms with E-state index in [1.807, 2.05) is 54.6 Å². The predicted octanol–water partition coefficient (Wildman–Crippen LogP) is 4.76. The monoisotopic (exact) mass is 622 g/mol. The Labute approximate surface area is 259 Å². The van der Waals surface area contributed by atoms with Crippen LogP contribution in [0.15, 0.2) is 66.7 Å². The molecule has 39 heavy (non-hydrogen) atoms. The largest absolute Gasteiger partial charge is 0.446 e. The fourth-order valence-electron chi connectivity index (χ4n) is 4.36. The molecule has 1 aromatic heterocycles. The maximum atomic E-state index is 12.8. The number of carbonyl (C=O) groups excluding carboxylic acids is 3. The van der Waals surface area contributed by atoms with Crippen LogP contribution in [-0.2, 0) is 37.4 Å². The molecule has 1 radical (unpaired) electrons. The van der Waals surface area contributed by atoms with Crippen LogP contribution in [0.3, 0.4) is 0 Å². The Balaban J connectivity index is 0.00000420. The van der Waals surface area contributed by atoms with Crippen LogP contribution in [0.5, 0.6) is 0 Å². The summed E-state index contributed by atoms with van der Waals surface area (Å²) in [5, 5.41) is 5.55. The van der Waals surface area contributed by atoms with Gasteiger partial charge in [0.15, 0.2) is 0 Å². The minimum atomic E-state index is -0.448. The smallest absolute Gasteiger partial charge is 0.411 e. The first-order valence-electron chi connectivity index (χ1n) is 12.7. The fourth-order valence-corrected chi connectivity index (χ4v) is 5.28. The van der Waals surface area contributed by atoms with Gasteiger partial charge in [-0.25, -0.2) is 4.79 Å². The minimum absolute atomic E-state index is 0. The maximum Gasteiger partial charge on any atom is 0.411 e. The summed E-state index contributed by atoms with van der Waals surface area (Å²) in [5.74, 6) is -0.319. The van der Waals surface area contributed by atoms with Crippen LogP contribution in [0.25, 0.3) is 11.1 Å². The summed E-state index contributed by atoms with van der Waals surface area (Å²) in [6.45, 7) is 6.77. The summed E-state index contributed by atoms with van der Waals surface area (Å²) >= 11 is 1.19. The van der Waals surface area contributed by atoms with Gasteiger partial charge in [-0.05, 0) is 36.6 Å². The van der Waals surface area contributed by atoms with Gasteiger partial charge in [0, 0.05) is 71.5 Å². The molecule has 0 saturated carbocycles. The van der Waals surface area contributed by atoms with Gasteiger partial charge >= 0.3 is 6.09 Å². The molecular weight excluding hydrogens is 589 g/mol. The van der Waals surface area contributed by atoms with Gasteiger partial charge in [-0.3, -0.25) is 14.9 Å². The third-order valence-corrected chi connectivity index (χ3v) is 7.55. The third kappa shape index (κ3) is 8.70. The molecule has 0 spiro atoms. The molecule has 3 amide bonds. The molecule has 203 valence electrons. The number of piperidine rings is 1. The van der Waals surface area contributed by atoms with E-state index in [-0.39, 0.29) is 50.6 Å². The Kier molecular flexibility index (Phi) is 12.1. The molecule has 0 unspecified atom stereocenters. The molecule has 0 bridgehead atoms. The molecule has 3 aromatic rings. The van der Waals surface area contributed by atoms with Gasteiger partial charge in [-0.1, -0.05) is 48.5 Å². The van der Waals surface area contributed by atoms with Crippen molar-refractivity contribution in [1.29, 1.82) is 0 Å². The van der Waals surface area contributed by atoms with Crippen molar-refractivity contribution in [1.82, 2.24) is 15.1 Å². The fraction of sp³-hybridized carbons (Fsp3) is 0.310. The second-order valence-electron chi connectivity index (χ2n) is 9.13. The standard InChI is InChI=1S/C29H33N4O4S.Y/c1-3-30-27(34)25-13-14-26(38-25)28(35)32(2)19-20-33-17-15-22(16-18-33)37-29(36)31-24-12-8-7-11-23(24)21-9-5-4-6-10-21;/h4-14,22H,1,3,15-20H2,2H3,(H,30,34)(H,31,36);/q-1;. The summed E-state index contributed by atoms with van der Waals surface area (Å²) in [6, 6.07) is 21.0. The maximum absolute atomic E-state index is 12.8.